The van der Waals surface area contributed by atoms with Gasteiger partial charge in [0.15, 0.2) is 0 Å². The molecule has 0 amide bonds. The number of carbonyl (C=O) groups is 2. The van der Waals surface area contributed by atoms with E-state index in [1.54, 1.807) is 0 Å². The number of hydrogen-bond donors (Lipinski definition) is 0. The van der Waals surface area contributed by atoms with Gasteiger partial charge >= 0.3 is 11.9 Å². The topological polar surface area (TPSA) is 65.7 Å². The molecule has 106 valence electrons. The van der Waals surface area contributed by atoms with Crippen LogP contribution >= 0.6 is 0 Å². The Morgan fingerprint density at radius 2 is 1.32 bits per heavy atom. The normalized spacial score (nSPS) is 10.8. The van der Waals surface area contributed by atoms with Gasteiger partial charge in [0, 0.05) is 0 Å². The van der Waals surface area contributed by atoms with Gasteiger partial charge < -0.3 is 13.9 Å². The Hall–Kier alpha value is -1.78. The Morgan fingerprint density at radius 3 is 1.63 bits per heavy atom. The number of rotatable bonds is 6. The van der Waals surface area contributed by atoms with Crippen LogP contribution in [0.4, 0.5) is 0 Å². The Kier molecular flexibility index (Phi) is 5.60. The number of esters is 2. The summed E-state index contributed by atoms with van der Waals surface area (Å²) in [6.07, 6.45) is 0. The Bertz CT molecular complexity index is 392. The minimum atomic E-state index is -0.573. The van der Waals surface area contributed by atoms with Crippen LogP contribution in [0.2, 0.25) is 0 Å². The minimum Gasteiger partial charge on any atom is -0.460 e. The van der Waals surface area contributed by atoms with E-state index >= 15 is 0 Å². The maximum atomic E-state index is 11.6. The van der Waals surface area contributed by atoms with Crippen LogP contribution in [0.1, 0.15) is 48.8 Å². The zero-order valence-electron chi connectivity index (χ0n) is 11.8. The zero-order valence-corrected chi connectivity index (χ0v) is 11.8. The van der Waals surface area contributed by atoms with Gasteiger partial charge in [0.2, 0.25) is 11.5 Å². The molecule has 0 aromatic carbocycles. The average Bonchev–Trinajstić information content (AvgIpc) is 2.82. The van der Waals surface area contributed by atoms with Crippen molar-refractivity contribution in [2.24, 2.45) is 11.8 Å². The summed E-state index contributed by atoms with van der Waals surface area (Å²) >= 11 is 0. The molecule has 1 aromatic rings. The van der Waals surface area contributed by atoms with E-state index in [0.717, 1.165) is 0 Å². The van der Waals surface area contributed by atoms with Crippen molar-refractivity contribution >= 4 is 11.9 Å². The summed E-state index contributed by atoms with van der Waals surface area (Å²) in [5, 5.41) is 0. The molecular weight excluding hydrogens is 248 g/mol. The van der Waals surface area contributed by atoms with Crippen LogP contribution in [0, 0.1) is 11.8 Å². The first-order chi connectivity index (χ1) is 8.90. The molecule has 1 rings (SSSR count). The lowest BCUT2D eigenvalue weighted by Crippen LogP contribution is -2.10. The monoisotopic (exact) mass is 268 g/mol. The number of furan rings is 1. The van der Waals surface area contributed by atoms with Gasteiger partial charge in [0.25, 0.3) is 0 Å². The third-order valence-electron chi connectivity index (χ3n) is 2.10. The van der Waals surface area contributed by atoms with Crippen LogP contribution in [-0.2, 0) is 9.47 Å². The molecule has 0 radical (unpaired) electrons. The van der Waals surface area contributed by atoms with Gasteiger partial charge in [-0.15, -0.1) is 0 Å². The highest BCUT2D eigenvalue weighted by Crippen LogP contribution is 2.12. The lowest BCUT2D eigenvalue weighted by molar-refractivity contribution is 0.0387. The van der Waals surface area contributed by atoms with Gasteiger partial charge in [-0.05, 0) is 24.0 Å². The molecule has 5 heteroatoms. The highest BCUT2D eigenvalue weighted by molar-refractivity contribution is 5.90. The van der Waals surface area contributed by atoms with Gasteiger partial charge in [0.1, 0.15) is 0 Å². The Balaban J connectivity index is 2.56. The molecule has 0 bridgehead atoms. The maximum Gasteiger partial charge on any atom is 0.374 e. The fraction of sp³-hybridized carbons (Fsp3) is 0.571. The number of ether oxygens (including phenoxy) is 2. The fourth-order valence-corrected chi connectivity index (χ4v) is 1.18. The molecule has 0 unspecified atom stereocenters. The predicted octanol–water partition coefficient (Wildman–Crippen LogP) is 2.91. The molecular formula is C14H20O5. The molecule has 1 aromatic heterocycles. The van der Waals surface area contributed by atoms with Crippen LogP contribution in [0.5, 0.6) is 0 Å². The van der Waals surface area contributed by atoms with Crippen molar-refractivity contribution < 1.29 is 23.5 Å². The third-order valence-corrected chi connectivity index (χ3v) is 2.10. The number of hydrogen-bond acceptors (Lipinski definition) is 5. The van der Waals surface area contributed by atoms with E-state index in [1.807, 2.05) is 27.7 Å². The second-order valence-corrected chi connectivity index (χ2v) is 5.15. The zero-order chi connectivity index (χ0) is 14.4. The van der Waals surface area contributed by atoms with Crippen molar-refractivity contribution in [3.8, 4) is 0 Å². The summed E-state index contributed by atoms with van der Waals surface area (Å²) in [6, 6.07) is 2.82. The van der Waals surface area contributed by atoms with Gasteiger partial charge in [-0.25, -0.2) is 9.59 Å². The van der Waals surface area contributed by atoms with E-state index < -0.39 is 11.9 Å². The minimum absolute atomic E-state index is 0.0112. The van der Waals surface area contributed by atoms with E-state index in [9.17, 15) is 9.59 Å². The fourth-order valence-electron chi connectivity index (χ4n) is 1.18. The summed E-state index contributed by atoms with van der Waals surface area (Å²) in [5.74, 6) is -0.633. The second kappa shape index (κ2) is 6.97. The summed E-state index contributed by atoms with van der Waals surface area (Å²) in [6.45, 7) is 8.36. The van der Waals surface area contributed by atoms with E-state index in [2.05, 4.69) is 0 Å². The smallest absolute Gasteiger partial charge is 0.374 e. The molecule has 5 nitrogen and oxygen atoms in total. The molecule has 0 aliphatic carbocycles. The van der Waals surface area contributed by atoms with Gasteiger partial charge in [0.05, 0.1) is 13.2 Å². The van der Waals surface area contributed by atoms with Crippen molar-refractivity contribution in [1.82, 2.24) is 0 Å². The highest BCUT2D eigenvalue weighted by Gasteiger charge is 2.18. The molecule has 19 heavy (non-hydrogen) atoms. The van der Waals surface area contributed by atoms with E-state index in [0.29, 0.717) is 13.2 Å². The number of carbonyl (C=O) groups excluding carboxylic acids is 2. The molecule has 1 heterocycles. The van der Waals surface area contributed by atoms with Crippen molar-refractivity contribution in [3.63, 3.8) is 0 Å². The molecule has 0 fully saturated rings. The van der Waals surface area contributed by atoms with Gasteiger partial charge in [-0.1, -0.05) is 27.7 Å². The first kappa shape index (κ1) is 15.3. The Morgan fingerprint density at radius 1 is 0.947 bits per heavy atom. The molecule has 0 N–H and O–H groups in total. The summed E-state index contributed by atoms with van der Waals surface area (Å²) < 4.78 is 15.1. The second-order valence-electron chi connectivity index (χ2n) is 5.15. The van der Waals surface area contributed by atoms with Gasteiger partial charge in [-0.3, -0.25) is 0 Å². The standard InChI is InChI=1S/C14H20O5/c1-9(2)7-17-13(15)11-5-6-12(19-11)14(16)18-8-10(3)4/h5-6,9-10H,7-8H2,1-4H3. The van der Waals surface area contributed by atoms with Crippen molar-refractivity contribution in [3.05, 3.63) is 23.7 Å². The van der Waals surface area contributed by atoms with Crippen LogP contribution in [0.25, 0.3) is 0 Å². The predicted molar refractivity (Wildman–Crippen MR) is 68.9 cm³/mol. The molecule has 0 aliphatic rings. The quantitative estimate of drug-likeness (QED) is 0.742. The van der Waals surface area contributed by atoms with E-state index in [4.69, 9.17) is 13.9 Å². The van der Waals surface area contributed by atoms with Crippen molar-refractivity contribution in [2.75, 3.05) is 13.2 Å². The lowest BCUT2D eigenvalue weighted by Gasteiger charge is -2.05. The van der Waals surface area contributed by atoms with Crippen LogP contribution < -0.4 is 0 Å². The molecule has 0 saturated carbocycles. The van der Waals surface area contributed by atoms with Gasteiger partial charge in [-0.2, -0.15) is 0 Å². The van der Waals surface area contributed by atoms with Crippen molar-refractivity contribution in [2.45, 2.75) is 27.7 Å². The Labute approximate surface area is 112 Å². The lowest BCUT2D eigenvalue weighted by atomic mass is 10.2. The maximum absolute atomic E-state index is 11.6. The molecule has 0 spiro atoms. The van der Waals surface area contributed by atoms with E-state index in [1.165, 1.54) is 12.1 Å². The van der Waals surface area contributed by atoms with Crippen molar-refractivity contribution in [1.29, 1.82) is 0 Å². The highest BCUT2D eigenvalue weighted by atomic mass is 16.6. The first-order valence-electron chi connectivity index (χ1n) is 6.34. The SMILES string of the molecule is CC(C)COC(=O)c1ccc(C(=O)OCC(C)C)o1. The third kappa shape index (κ3) is 5.16. The van der Waals surface area contributed by atoms with Crippen LogP contribution in [0.15, 0.2) is 16.5 Å². The first-order valence-corrected chi connectivity index (χ1v) is 6.34. The van der Waals surface area contributed by atoms with Crippen LogP contribution in [0.3, 0.4) is 0 Å². The van der Waals surface area contributed by atoms with E-state index in [-0.39, 0.29) is 23.4 Å². The molecule has 0 atom stereocenters. The molecule has 0 aliphatic heterocycles. The average molecular weight is 268 g/mol. The summed E-state index contributed by atoms with van der Waals surface area (Å²) in [5.41, 5.74) is 0. The summed E-state index contributed by atoms with van der Waals surface area (Å²) in [4.78, 5) is 23.2. The molecule has 0 saturated heterocycles. The largest absolute Gasteiger partial charge is 0.460 e. The van der Waals surface area contributed by atoms with Crippen LogP contribution in [-0.4, -0.2) is 25.2 Å². The summed E-state index contributed by atoms with van der Waals surface area (Å²) in [7, 11) is 0.